The van der Waals surface area contributed by atoms with Gasteiger partial charge in [-0.3, -0.25) is 0 Å². The molecule has 3 aromatic rings. The van der Waals surface area contributed by atoms with E-state index in [1.54, 1.807) is 0 Å². The summed E-state index contributed by atoms with van der Waals surface area (Å²) in [5.74, 6) is 0. The van der Waals surface area contributed by atoms with Gasteiger partial charge in [-0.2, -0.15) is 0 Å². The van der Waals surface area contributed by atoms with Crippen LogP contribution >= 0.6 is 11.6 Å². The molecule has 1 aliphatic rings. The van der Waals surface area contributed by atoms with Gasteiger partial charge in [0.25, 0.3) is 0 Å². The SMILES string of the molecule is CN(c1cc(Cl)cc2cc(-c3ccccc3)[nH]c12)C1CCC(N)CC1. The molecule has 0 radical (unpaired) electrons. The van der Waals surface area contributed by atoms with Crippen LogP contribution in [0.4, 0.5) is 5.69 Å². The zero-order valence-electron chi connectivity index (χ0n) is 14.5. The minimum atomic E-state index is 0.360. The van der Waals surface area contributed by atoms with Crippen molar-refractivity contribution in [1.29, 1.82) is 0 Å². The smallest absolute Gasteiger partial charge is 0.0697 e. The highest BCUT2D eigenvalue weighted by Gasteiger charge is 2.24. The van der Waals surface area contributed by atoms with Crippen LogP contribution in [0.3, 0.4) is 0 Å². The molecule has 1 fully saturated rings. The van der Waals surface area contributed by atoms with E-state index < -0.39 is 0 Å². The van der Waals surface area contributed by atoms with Gasteiger partial charge < -0.3 is 15.6 Å². The lowest BCUT2D eigenvalue weighted by Crippen LogP contribution is -2.38. The molecule has 0 bridgehead atoms. The molecule has 0 atom stereocenters. The van der Waals surface area contributed by atoms with Crippen LogP contribution in [0.15, 0.2) is 48.5 Å². The van der Waals surface area contributed by atoms with Gasteiger partial charge in [0, 0.05) is 35.2 Å². The van der Waals surface area contributed by atoms with E-state index in [9.17, 15) is 0 Å². The van der Waals surface area contributed by atoms with Crippen molar-refractivity contribution in [3.8, 4) is 11.3 Å². The second-order valence-corrected chi connectivity index (χ2v) is 7.55. The number of anilines is 1. The quantitative estimate of drug-likeness (QED) is 0.680. The summed E-state index contributed by atoms with van der Waals surface area (Å²) in [6.07, 6.45) is 4.47. The van der Waals surface area contributed by atoms with Crippen molar-refractivity contribution in [2.75, 3.05) is 11.9 Å². The molecule has 2 aromatic carbocycles. The Kier molecular flexibility index (Phi) is 4.45. The molecular formula is C21H24ClN3. The fraction of sp³-hybridized carbons (Fsp3) is 0.333. The van der Waals surface area contributed by atoms with Gasteiger partial charge in [-0.1, -0.05) is 41.9 Å². The summed E-state index contributed by atoms with van der Waals surface area (Å²) in [5, 5.41) is 1.93. The van der Waals surface area contributed by atoms with E-state index in [0.717, 1.165) is 47.3 Å². The standard InChI is InChI=1S/C21H24ClN3/c1-25(18-9-7-17(23)8-10-18)20-13-16(22)11-15-12-19(24-21(15)20)14-5-3-2-4-6-14/h2-6,11-13,17-18,24H,7-10,23H2,1H3. The summed E-state index contributed by atoms with van der Waals surface area (Å²) in [4.78, 5) is 5.99. The van der Waals surface area contributed by atoms with E-state index in [0.29, 0.717) is 12.1 Å². The molecule has 0 amide bonds. The van der Waals surface area contributed by atoms with Gasteiger partial charge in [-0.05, 0) is 49.4 Å². The predicted molar refractivity (Wildman–Crippen MR) is 107 cm³/mol. The number of aromatic amines is 1. The maximum Gasteiger partial charge on any atom is 0.0697 e. The van der Waals surface area contributed by atoms with Crippen molar-refractivity contribution in [3.63, 3.8) is 0 Å². The van der Waals surface area contributed by atoms with E-state index in [4.69, 9.17) is 17.3 Å². The van der Waals surface area contributed by atoms with Crippen molar-refractivity contribution >= 4 is 28.2 Å². The molecule has 0 spiro atoms. The molecule has 4 rings (SSSR count). The molecule has 3 nitrogen and oxygen atoms in total. The number of H-pyrrole nitrogens is 1. The van der Waals surface area contributed by atoms with Gasteiger partial charge in [-0.15, -0.1) is 0 Å². The molecule has 0 unspecified atom stereocenters. The minimum Gasteiger partial charge on any atom is -0.370 e. The number of nitrogens with one attached hydrogen (secondary N) is 1. The van der Waals surface area contributed by atoms with Crippen molar-refractivity contribution in [1.82, 2.24) is 4.98 Å². The Hall–Kier alpha value is -1.97. The van der Waals surface area contributed by atoms with Gasteiger partial charge >= 0.3 is 0 Å². The third-order valence-electron chi connectivity index (χ3n) is 5.43. The summed E-state index contributed by atoms with van der Waals surface area (Å²) < 4.78 is 0. The normalized spacial score (nSPS) is 20.8. The largest absolute Gasteiger partial charge is 0.370 e. The lowest BCUT2D eigenvalue weighted by Gasteiger charge is -2.35. The molecule has 1 heterocycles. The van der Waals surface area contributed by atoms with Gasteiger partial charge in [0.1, 0.15) is 0 Å². The number of aromatic nitrogens is 1. The predicted octanol–water partition coefficient (Wildman–Crippen LogP) is 5.19. The Morgan fingerprint density at radius 2 is 1.76 bits per heavy atom. The lowest BCUT2D eigenvalue weighted by atomic mass is 9.90. The summed E-state index contributed by atoms with van der Waals surface area (Å²) in [7, 11) is 2.18. The van der Waals surface area contributed by atoms with Gasteiger partial charge in [0.05, 0.1) is 11.2 Å². The molecular weight excluding hydrogens is 330 g/mol. The van der Waals surface area contributed by atoms with Gasteiger partial charge in [0.15, 0.2) is 0 Å². The number of rotatable bonds is 3. The summed E-state index contributed by atoms with van der Waals surface area (Å²) in [6, 6.07) is 17.6. The van der Waals surface area contributed by atoms with Crippen molar-refractivity contribution in [2.24, 2.45) is 5.73 Å². The Morgan fingerprint density at radius 3 is 2.48 bits per heavy atom. The van der Waals surface area contributed by atoms with Crippen molar-refractivity contribution in [2.45, 2.75) is 37.8 Å². The molecule has 0 saturated heterocycles. The Balaban J connectivity index is 1.74. The van der Waals surface area contributed by atoms with Gasteiger partial charge in [0.2, 0.25) is 0 Å². The number of halogens is 1. The third kappa shape index (κ3) is 3.26. The van der Waals surface area contributed by atoms with Crippen LogP contribution in [-0.2, 0) is 0 Å². The first-order valence-electron chi connectivity index (χ1n) is 8.98. The maximum absolute atomic E-state index is 6.42. The van der Waals surface area contributed by atoms with E-state index in [1.807, 2.05) is 12.1 Å². The van der Waals surface area contributed by atoms with E-state index >= 15 is 0 Å². The summed E-state index contributed by atoms with van der Waals surface area (Å²) in [6.45, 7) is 0. The first-order chi connectivity index (χ1) is 12.1. The van der Waals surface area contributed by atoms with Crippen molar-refractivity contribution < 1.29 is 0 Å². The Bertz CT molecular complexity index is 863. The van der Waals surface area contributed by atoms with E-state index in [1.165, 1.54) is 11.3 Å². The fourth-order valence-corrected chi connectivity index (χ4v) is 4.15. The number of nitrogens with two attached hydrogens (primary N) is 1. The zero-order chi connectivity index (χ0) is 17.4. The first kappa shape index (κ1) is 16.5. The number of nitrogens with zero attached hydrogens (tertiary/aromatic N) is 1. The van der Waals surface area contributed by atoms with Crippen LogP contribution < -0.4 is 10.6 Å². The molecule has 1 saturated carbocycles. The molecule has 3 N–H and O–H groups in total. The molecule has 0 aliphatic heterocycles. The van der Waals surface area contributed by atoms with Crippen LogP contribution in [-0.4, -0.2) is 24.1 Å². The summed E-state index contributed by atoms with van der Waals surface area (Å²) in [5.41, 5.74) is 10.7. The van der Waals surface area contributed by atoms with Gasteiger partial charge in [-0.25, -0.2) is 0 Å². The second-order valence-electron chi connectivity index (χ2n) is 7.12. The highest BCUT2D eigenvalue weighted by molar-refractivity contribution is 6.32. The molecule has 1 aromatic heterocycles. The lowest BCUT2D eigenvalue weighted by molar-refractivity contribution is 0.385. The number of benzene rings is 2. The maximum atomic E-state index is 6.42. The summed E-state index contributed by atoms with van der Waals surface area (Å²) >= 11 is 6.42. The van der Waals surface area contributed by atoms with Crippen LogP contribution in [0.25, 0.3) is 22.2 Å². The van der Waals surface area contributed by atoms with E-state index in [2.05, 4.69) is 53.3 Å². The Labute approximate surface area is 153 Å². The zero-order valence-corrected chi connectivity index (χ0v) is 15.3. The number of fused-ring (bicyclic) bond motifs is 1. The first-order valence-corrected chi connectivity index (χ1v) is 9.36. The van der Waals surface area contributed by atoms with Crippen LogP contribution in [0.2, 0.25) is 5.02 Å². The average Bonchev–Trinajstić information content (AvgIpc) is 3.05. The highest BCUT2D eigenvalue weighted by atomic mass is 35.5. The number of hydrogen-bond donors (Lipinski definition) is 2. The second kappa shape index (κ2) is 6.74. The van der Waals surface area contributed by atoms with Crippen LogP contribution in [0.1, 0.15) is 25.7 Å². The molecule has 25 heavy (non-hydrogen) atoms. The topological polar surface area (TPSA) is 45.0 Å². The van der Waals surface area contributed by atoms with Crippen LogP contribution in [0, 0.1) is 0 Å². The monoisotopic (exact) mass is 353 g/mol. The third-order valence-corrected chi connectivity index (χ3v) is 5.64. The molecule has 1 aliphatic carbocycles. The van der Waals surface area contributed by atoms with E-state index in [-0.39, 0.29) is 0 Å². The molecule has 130 valence electrons. The highest BCUT2D eigenvalue weighted by Crippen LogP contribution is 2.36. The number of hydrogen-bond acceptors (Lipinski definition) is 2. The molecule has 4 heteroatoms. The minimum absolute atomic E-state index is 0.360. The van der Waals surface area contributed by atoms with Crippen molar-refractivity contribution in [3.05, 3.63) is 53.6 Å². The van der Waals surface area contributed by atoms with Crippen LogP contribution in [0.5, 0.6) is 0 Å². The Morgan fingerprint density at radius 1 is 1.04 bits per heavy atom. The fourth-order valence-electron chi connectivity index (χ4n) is 3.93. The average molecular weight is 354 g/mol.